The van der Waals surface area contributed by atoms with Gasteiger partial charge in [0, 0.05) is 34.2 Å². The van der Waals surface area contributed by atoms with Crippen LogP contribution in [0.4, 0.5) is 5.82 Å². The number of pyridine rings is 1. The number of anilines is 1. The largest absolute Gasteiger partial charge is 0.383 e. The topological polar surface area (TPSA) is 50.9 Å². The molecule has 1 fully saturated rings. The predicted octanol–water partition coefficient (Wildman–Crippen LogP) is 2.81. The highest BCUT2D eigenvalue weighted by molar-refractivity contribution is 8.07. The van der Waals surface area contributed by atoms with Gasteiger partial charge in [0.05, 0.1) is 0 Å². The van der Waals surface area contributed by atoms with Crippen LogP contribution in [0.2, 0.25) is 0 Å². The van der Waals surface area contributed by atoms with Crippen molar-refractivity contribution in [3.05, 3.63) is 23.9 Å². The van der Waals surface area contributed by atoms with Crippen molar-refractivity contribution in [2.24, 2.45) is 0 Å². The van der Waals surface area contributed by atoms with E-state index < -0.39 is 0 Å². The van der Waals surface area contributed by atoms with Gasteiger partial charge in [-0.15, -0.1) is 0 Å². The van der Waals surface area contributed by atoms with Crippen molar-refractivity contribution in [1.82, 2.24) is 10.3 Å². The van der Waals surface area contributed by atoms with Crippen LogP contribution in [0.1, 0.15) is 25.8 Å². The fraction of sp³-hybridized carbons (Fsp3) is 0.667. The van der Waals surface area contributed by atoms with Gasteiger partial charge in [-0.05, 0) is 31.0 Å². The summed E-state index contributed by atoms with van der Waals surface area (Å²) in [5, 5.41) is 5.09. The van der Waals surface area contributed by atoms with Crippen molar-refractivity contribution in [2.75, 3.05) is 23.8 Å². The van der Waals surface area contributed by atoms with Gasteiger partial charge in [0.2, 0.25) is 0 Å². The molecule has 20 heavy (non-hydrogen) atoms. The van der Waals surface area contributed by atoms with Gasteiger partial charge in [-0.1, -0.05) is 19.9 Å². The Morgan fingerprint density at radius 2 is 2.20 bits per heavy atom. The number of aromatic nitrogens is 1. The van der Waals surface area contributed by atoms with E-state index in [-0.39, 0.29) is 0 Å². The molecule has 1 aromatic rings. The average molecular weight is 312 g/mol. The van der Waals surface area contributed by atoms with Gasteiger partial charge in [-0.3, -0.25) is 0 Å². The lowest BCUT2D eigenvalue weighted by Crippen LogP contribution is -2.46. The Kier molecular flexibility index (Phi) is 6.52. The maximum absolute atomic E-state index is 6.01. The number of nitrogen functional groups attached to an aromatic ring is 1. The highest BCUT2D eigenvalue weighted by Gasteiger charge is 2.31. The fourth-order valence-electron chi connectivity index (χ4n) is 2.74. The molecule has 0 saturated carbocycles. The maximum atomic E-state index is 6.01. The van der Waals surface area contributed by atoms with E-state index in [0.29, 0.717) is 17.1 Å². The summed E-state index contributed by atoms with van der Waals surface area (Å²) in [5.74, 6) is 3.22. The van der Waals surface area contributed by atoms with Gasteiger partial charge in [-0.2, -0.15) is 23.5 Å². The van der Waals surface area contributed by atoms with E-state index in [1.54, 1.807) is 6.20 Å². The molecule has 0 bridgehead atoms. The lowest BCUT2D eigenvalue weighted by Gasteiger charge is -2.36. The first-order valence-corrected chi connectivity index (χ1v) is 9.52. The summed E-state index contributed by atoms with van der Waals surface area (Å²) in [6.45, 7) is 5.49. The van der Waals surface area contributed by atoms with Gasteiger partial charge in [0.1, 0.15) is 5.82 Å². The summed E-state index contributed by atoms with van der Waals surface area (Å²) in [5.41, 5.74) is 7.18. The van der Waals surface area contributed by atoms with E-state index >= 15 is 0 Å². The van der Waals surface area contributed by atoms with E-state index in [1.165, 1.54) is 23.5 Å². The third-order valence-corrected chi connectivity index (χ3v) is 7.13. The van der Waals surface area contributed by atoms with Gasteiger partial charge < -0.3 is 11.1 Å². The Balaban J connectivity index is 2.11. The van der Waals surface area contributed by atoms with Crippen molar-refractivity contribution in [2.45, 2.75) is 43.2 Å². The normalized spacial score (nSPS) is 24.5. The van der Waals surface area contributed by atoms with Crippen molar-refractivity contribution in [3.63, 3.8) is 0 Å². The molecular formula is C15H25N3S2. The van der Waals surface area contributed by atoms with Gasteiger partial charge >= 0.3 is 0 Å². The molecule has 2 heterocycles. The van der Waals surface area contributed by atoms with E-state index in [0.717, 1.165) is 18.2 Å². The number of hydrogen-bond acceptors (Lipinski definition) is 5. The zero-order chi connectivity index (χ0) is 14.4. The first kappa shape index (κ1) is 16.0. The summed E-state index contributed by atoms with van der Waals surface area (Å²) in [6, 6.07) is 4.57. The molecule has 0 spiro atoms. The summed E-state index contributed by atoms with van der Waals surface area (Å²) >= 11 is 4.26. The Morgan fingerprint density at radius 3 is 2.90 bits per heavy atom. The second-order valence-electron chi connectivity index (χ2n) is 5.07. The van der Waals surface area contributed by atoms with Crippen LogP contribution in [0, 0.1) is 0 Å². The Labute approximate surface area is 130 Å². The standard InChI is InChI=1S/C15H25N3S2/c1-3-13-14(20-9-8-19-13)12(17-4-2)10-11-6-5-7-18-15(11)16/h5-7,12-14,17H,3-4,8-10H2,1-2H3,(H2,16,18). The number of thioether (sulfide) groups is 2. The number of nitrogens with zero attached hydrogens (tertiary/aromatic N) is 1. The minimum atomic E-state index is 0.481. The molecule has 2 rings (SSSR count). The molecule has 3 unspecified atom stereocenters. The predicted molar refractivity (Wildman–Crippen MR) is 92.6 cm³/mol. The molecule has 1 aliphatic heterocycles. The van der Waals surface area contributed by atoms with Gasteiger partial charge in [0.25, 0.3) is 0 Å². The first-order chi connectivity index (χ1) is 9.76. The van der Waals surface area contributed by atoms with Crippen LogP contribution in [0.3, 0.4) is 0 Å². The summed E-state index contributed by atoms with van der Waals surface area (Å²) in [4.78, 5) is 4.21. The molecule has 5 heteroatoms. The highest BCUT2D eigenvalue weighted by Crippen LogP contribution is 2.36. The number of likely N-dealkylation sites (N-methyl/N-ethyl adjacent to an activating group) is 1. The third-order valence-electron chi connectivity index (χ3n) is 3.72. The van der Waals surface area contributed by atoms with Crippen LogP contribution in [0.25, 0.3) is 0 Å². The van der Waals surface area contributed by atoms with Gasteiger partial charge in [0.15, 0.2) is 0 Å². The van der Waals surface area contributed by atoms with E-state index in [2.05, 4.69) is 53.7 Å². The monoisotopic (exact) mass is 311 g/mol. The van der Waals surface area contributed by atoms with Crippen molar-refractivity contribution < 1.29 is 0 Å². The molecule has 1 saturated heterocycles. The minimum absolute atomic E-state index is 0.481. The molecule has 0 radical (unpaired) electrons. The van der Waals surface area contributed by atoms with E-state index in [4.69, 9.17) is 5.73 Å². The minimum Gasteiger partial charge on any atom is -0.383 e. The van der Waals surface area contributed by atoms with Crippen LogP contribution in [0.15, 0.2) is 18.3 Å². The molecule has 0 aromatic carbocycles. The number of nitrogens with two attached hydrogens (primary N) is 1. The molecule has 1 aromatic heterocycles. The number of hydrogen-bond donors (Lipinski definition) is 2. The van der Waals surface area contributed by atoms with Crippen LogP contribution < -0.4 is 11.1 Å². The van der Waals surface area contributed by atoms with Crippen LogP contribution in [-0.4, -0.2) is 39.6 Å². The second kappa shape index (κ2) is 8.15. The summed E-state index contributed by atoms with van der Waals surface area (Å²) in [7, 11) is 0. The van der Waals surface area contributed by atoms with Crippen LogP contribution in [-0.2, 0) is 6.42 Å². The lowest BCUT2D eigenvalue weighted by molar-refractivity contribution is 0.490. The molecular weight excluding hydrogens is 286 g/mol. The number of rotatable bonds is 6. The maximum Gasteiger partial charge on any atom is 0.126 e. The molecule has 112 valence electrons. The zero-order valence-electron chi connectivity index (χ0n) is 12.3. The first-order valence-electron chi connectivity index (χ1n) is 7.42. The molecule has 3 N–H and O–H groups in total. The fourth-order valence-corrected chi connectivity index (χ4v) is 6.00. The lowest BCUT2D eigenvalue weighted by atomic mass is 10.0. The SMILES string of the molecule is CCNC(Cc1cccnc1N)C1SCCSC1CC. The summed E-state index contributed by atoms with van der Waals surface area (Å²) < 4.78 is 0. The molecule has 3 nitrogen and oxygen atoms in total. The third kappa shape index (κ3) is 4.06. The molecule has 0 aliphatic carbocycles. The smallest absolute Gasteiger partial charge is 0.126 e. The average Bonchev–Trinajstić information content (AvgIpc) is 2.49. The molecule has 0 amide bonds. The number of nitrogens with one attached hydrogen (secondary N) is 1. The second-order valence-corrected chi connectivity index (χ2v) is 7.70. The van der Waals surface area contributed by atoms with E-state index in [9.17, 15) is 0 Å². The van der Waals surface area contributed by atoms with Gasteiger partial charge in [-0.25, -0.2) is 4.98 Å². The Morgan fingerprint density at radius 1 is 1.40 bits per heavy atom. The Bertz CT molecular complexity index is 414. The Hall–Kier alpha value is -0.390. The molecule has 3 atom stereocenters. The van der Waals surface area contributed by atoms with Crippen molar-refractivity contribution in [3.8, 4) is 0 Å². The van der Waals surface area contributed by atoms with Crippen molar-refractivity contribution >= 4 is 29.3 Å². The van der Waals surface area contributed by atoms with E-state index in [1.807, 2.05) is 6.07 Å². The van der Waals surface area contributed by atoms with Crippen LogP contribution in [0.5, 0.6) is 0 Å². The van der Waals surface area contributed by atoms with Crippen LogP contribution >= 0.6 is 23.5 Å². The van der Waals surface area contributed by atoms with Crippen molar-refractivity contribution in [1.29, 1.82) is 0 Å². The summed E-state index contributed by atoms with van der Waals surface area (Å²) in [6.07, 6.45) is 3.98. The zero-order valence-corrected chi connectivity index (χ0v) is 14.0. The highest BCUT2D eigenvalue weighted by atomic mass is 32.2. The molecule has 1 aliphatic rings. The quantitative estimate of drug-likeness (QED) is 0.846.